The summed E-state index contributed by atoms with van der Waals surface area (Å²) in [4.78, 5) is 0. The molecule has 0 bridgehead atoms. The Labute approximate surface area is 80.7 Å². The maximum absolute atomic E-state index is 3.59. The maximum atomic E-state index is 3.59. The molecule has 12 heavy (non-hydrogen) atoms. The van der Waals surface area contributed by atoms with Gasteiger partial charge in [0.15, 0.2) is 0 Å². The van der Waals surface area contributed by atoms with Crippen molar-refractivity contribution < 1.29 is 0 Å². The monoisotopic (exact) mass is 187 g/mol. The van der Waals surface area contributed by atoms with E-state index in [1.165, 1.54) is 50.2 Å². The highest BCUT2D eigenvalue weighted by Gasteiger charge is 2.10. The summed E-state index contributed by atoms with van der Waals surface area (Å²) < 4.78 is 0. The number of rotatable bonds is 5. The van der Waals surface area contributed by atoms with Gasteiger partial charge < -0.3 is 5.32 Å². The summed E-state index contributed by atoms with van der Waals surface area (Å²) in [5.41, 5.74) is 0. The zero-order valence-corrected chi connectivity index (χ0v) is 8.96. The topological polar surface area (TPSA) is 12.0 Å². The zero-order chi connectivity index (χ0) is 8.65. The number of hydrogen-bond donors (Lipinski definition) is 1. The molecule has 1 saturated heterocycles. The van der Waals surface area contributed by atoms with Crippen LogP contribution in [-0.4, -0.2) is 24.1 Å². The van der Waals surface area contributed by atoms with Gasteiger partial charge >= 0.3 is 0 Å². The van der Waals surface area contributed by atoms with Gasteiger partial charge in [-0.2, -0.15) is 11.8 Å². The lowest BCUT2D eigenvalue weighted by molar-refractivity contribution is 0.381. The van der Waals surface area contributed by atoms with Crippen molar-refractivity contribution in [2.45, 2.75) is 45.1 Å². The van der Waals surface area contributed by atoms with E-state index in [1.807, 2.05) is 0 Å². The Kier molecular flexibility index (Phi) is 5.88. The number of nitrogens with one attached hydrogen (secondary N) is 1. The molecule has 0 amide bonds. The van der Waals surface area contributed by atoms with Crippen LogP contribution in [0, 0.1) is 0 Å². The van der Waals surface area contributed by atoms with Gasteiger partial charge in [-0.05, 0) is 43.7 Å². The molecular weight excluding hydrogens is 166 g/mol. The van der Waals surface area contributed by atoms with Gasteiger partial charge in [0, 0.05) is 6.04 Å². The Morgan fingerprint density at radius 3 is 3.00 bits per heavy atom. The van der Waals surface area contributed by atoms with Crippen LogP contribution in [0.2, 0.25) is 0 Å². The van der Waals surface area contributed by atoms with E-state index in [9.17, 15) is 0 Å². The highest BCUT2D eigenvalue weighted by Crippen LogP contribution is 2.13. The van der Waals surface area contributed by atoms with Gasteiger partial charge in [-0.3, -0.25) is 0 Å². The first-order valence-corrected chi connectivity index (χ1v) is 6.40. The van der Waals surface area contributed by atoms with E-state index in [4.69, 9.17) is 0 Å². The highest BCUT2D eigenvalue weighted by molar-refractivity contribution is 7.99. The second kappa shape index (κ2) is 6.79. The first-order valence-electron chi connectivity index (χ1n) is 5.24. The summed E-state index contributed by atoms with van der Waals surface area (Å²) in [5, 5.41) is 3.59. The largest absolute Gasteiger partial charge is 0.314 e. The zero-order valence-electron chi connectivity index (χ0n) is 8.14. The fourth-order valence-electron chi connectivity index (χ4n) is 1.75. The van der Waals surface area contributed by atoms with Crippen molar-refractivity contribution in [3.63, 3.8) is 0 Å². The van der Waals surface area contributed by atoms with Gasteiger partial charge in [-0.1, -0.05) is 13.3 Å². The molecule has 2 heteroatoms. The third-order valence-electron chi connectivity index (χ3n) is 2.46. The smallest absolute Gasteiger partial charge is 0.00673 e. The standard InChI is InChI=1S/C10H21NS/c1-2-12-9-5-7-10-6-3-4-8-11-10/h10-11H,2-9H2,1H3. The molecule has 0 radical (unpaired) electrons. The molecule has 0 saturated carbocycles. The molecule has 1 N–H and O–H groups in total. The van der Waals surface area contributed by atoms with Crippen LogP contribution < -0.4 is 5.32 Å². The van der Waals surface area contributed by atoms with Crippen LogP contribution in [-0.2, 0) is 0 Å². The molecule has 1 fully saturated rings. The normalized spacial score (nSPS) is 24.2. The van der Waals surface area contributed by atoms with E-state index in [0.717, 1.165) is 6.04 Å². The fraction of sp³-hybridized carbons (Fsp3) is 1.00. The molecule has 1 aliphatic rings. The van der Waals surface area contributed by atoms with Crippen molar-refractivity contribution >= 4 is 11.8 Å². The predicted octanol–water partition coefficient (Wildman–Crippen LogP) is 2.66. The van der Waals surface area contributed by atoms with Crippen molar-refractivity contribution in [2.75, 3.05) is 18.1 Å². The van der Waals surface area contributed by atoms with Crippen molar-refractivity contribution in [1.29, 1.82) is 0 Å². The Morgan fingerprint density at radius 1 is 1.42 bits per heavy atom. The van der Waals surface area contributed by atoms with E-state index in [2.05, 4.69) is 24.0 Å². The van der Waals surface area contributed by atoms with E-state index < -0.39 is 0 Å². The van der Waals surface area contributed by atoms with Gasteiger partial charge in [0.2, 0.25) is 0 Å². The summed E-state index contributed by atoms with van der Waals surface area (Å²) in [5.74, 6) is 2.63. The molecule has 1 aliphatic heterocycles. The maximum Gasteiger partial charge on any atom is 0.00673 e. The molecule has 0 spiro atoms. The second-order valence-corrected chi connectivity index (χ2v) is 4.88. The first kappa shape index (κ1) is 10.4. The Balaban J connectivity index is 1.91. The number of piperidine rings is 1. The van der Waals surface area contributed by atoms with Crippen LogP contribution >= 0.6 is 11.8 Å². The van der Waals surface area contributed by atoms with Crippen molar-refractivity contribution in [1.82, 2.24) is 5.32 Å². The molecule has 0 aromatic rings. The molecule has 1 heterocycles. The minimum atomic E-state index is 0.844. The quantitative estimate of drug-likeness (QED) is 0.664. The van der Waals surface area contributed by atoms with Gasteiger partial charge in [0.1, 0.15) is 0 Å². The average molecular weight is 187 g/mol. The summed E-state index contributed by atoms with van der Waals surface area (Å²) in [6, 6.07) is 0.844. The van der Waals surface area contributed by atoms with Crippen LogP contribution in [0.25, 0.3) is 0 Å². The molecule has 1 rings (SSSR count). The lowest BCUT2D eigenvalue weighted by Crippen LogP contribution is -2.33. The average Bonchev–Trinajstić information content (AvgIpc) is 2.14. The van der Waals surface area contributed by atoms with E-state index in [-0.39, 0.29) is 0 Å². The molecule has 0 aromatic carbocycles. The van der Waals surface area contributed by atoms with Crippen molar-refractivity contribution in [2.24, 2.45) is 0 Å². The van der Waals surface area contributed by atoms with Gasteiger partial charge in [-0.25, -0.2) is 0 Å². The molecule has 1 unspecified atom stereocenters. The molecule has 72 valence electrons. The summed E-state index contributed by atoms with van der Waals surface area (Å²) >= 11 is 2.07. The van der Waals surface area contributed by atoms with Crippen LogP contribution in [0.3, 0.4) is 0 Å². The Morgan fingerprint density at radius 2 is 2.33 bits per heavy atom. The van der Waals surface area contributed by atoms with Crippen molar-refractivity contribution in [3.8, 4) is 0 Å². The number of thioether (sulfide) groups is 1. The van der Waals surface area contributed by atoms with Gasteiger partial charge in [-0.15, -0.1) is 0 Å². The summed E-state index contributed by atoms with van der Waals surface area (Å²) in [6.45, 7) is 3.50. The van der Waals surface area contributed by atoms with Crippen LogP contribution in [0.1, 0.15) is 39.0 Å². The van der Waals surface area contributed by atoms with Crippen molar-refractivity contribution in [3.05, 3.63) is 0 Å². The lowest BCUT2D eigenvalue weighted by atomic mass is 10.0. The first-order chi connectivity index (χ1) is 5.93. The summed E-state index contributed by atoms with van der Waals surface area (Å²) in [6.07, 6.45) is 7.04. The van der Waals surface area contributed by atoms with Gasteiger partial charge in [0.25, 0.3) is 0 Å². The van der Waals surface area contributed by atoms with Crippen LogP contribution in [0.5, 0.6) is 0 Å². The summed E-state index contributed by atoms with van der Waals surface area (Å²) in [7, 11) is 0. The third-order valence-corrected chi connectivity index (χ3v) is 3.44. The molecule has 1 nitrogen and oxygen atoms in total. The third kappa shape index (κ3) is 4.36. The molecular formula is C10H21NS. The Hall–Kier alpha value is 0.310. The second-order valence-electron chi connectivity index (χ2n) is 3.49. The number of hydrogen-bond acceptors (Lipinski definition) is 2. The van der Waals surface area contributed by atoms with Crippen LogP contribution in [0.4, 0.5) is 0 Å². The predicted molar refractivity (Wildman–Crippen MR) is 57.9 cm³/mol. The highest BCUT2D eigenvalue weighted by atomic mass is 32.2. The van der Waals surface area contributed by atoms with E-state index in [0.29, 0.717) is 0 Å². The SMILES string of the molecule is CCSCCCC1CCCCN1. The van der Waals surface area contributed by atoms with Crippen LogP contribution in [0.15, 0.2) is 0 Å². The minimum absolute atomic E-state index is 0.844. The molecule has 0 aromatic heterocycles. The minimum Gasteiger partial charge on any atom is -0.314 e. The Bertz CT molecular complexity index is 100. The van der Waals surface area contributed by atoms with E-state index in [1.54, 1.807) is 0 Å². The fourth-order valence-corrected chi connectivity index (χ4v) is 2.41. The molecule has 1 atom stereocenters. The van der Waals surface area contributed by atoms with E-state index >= 15 is 0 Å². The van der Waals surface area contributed by atoms with Gasteiger partial charge in [0.05, 0.1) is 0 Å². The molecule has 0 aliphatic carbocycles. The lowest BCUT2D eigenvalue weighted by Gasteiger charge is -2.23.